The van der Waals surface area contributed by atoms with Gasteiger partial charge in [-0.25, -0.2) is 13.2 Å². The molecule has 4 saturated heterocycles. The Morgan fingerprint density at radius 3 is 2.83 bits per heavy atom. The topological polar surface area (TPSA) is 87.2 Å². The molecule has 4 aliphatic rings. The molecule has 4 fully saturated rings. The van der Waals surface area contributed by atoms with Gasteiger partial charge < -0.3 is 19.3 Å². The molecule has 0 aliphatic carbocycles. The molecule has 3 atom stereocenters. The molecule has 2 aromatic carbocycles. The predicted octanol–water partition coefficient (Wildman–Crippen LogP) is 5.66. The van der Waals surface area contributed by atoms with Gasteiger partial charge >= 0.3 is 6.01 Å². The monoisotopic (exact) mass is 735 g/mol. The summed E-state index contributed by atoms with van der Waals surface area (Å²) < 4.78 is 57.7. The minimum Gasteiger partial charge on any atom is -0.461 e. The van der Waals surface area contributed by atoms with E-state index in [0.29, 0.717) is 79.8 Å². The Balaban J connectivity index is 1.12. The third-order valence-corrected chi connectivity index (χ3v) is 11.5. The zero-order chi connectivity index (χ0) is 36.0. The molecule has 1 amide bonds. The number of carbonyl (C=O) groups excluding carboxylic acids is 1. The molecule has 0 saturated carbocycles. The number of rotatable bonds is 9. The number of hydrogen-bond acceptors (Lipinski definition) is 9. The maximum absolute atomic E-state index is 16.9. The highest BCUT2D eigenvalue weighted by Crippen LogP contribution is 2.42. The number of halogens is 4. The van der Waals surface area contributed by atoms with Crippen molar-refractivity contribution in [2.24, 2.45) is 0 Å². The number of aromatic nitrogens is 3. The minimum atomic E-state index is -0.936. The molecule has 274 valence electrons. The second-order valence-corrected chi connectivity index (χ2v) is 14.7. The van der Waals surface area contributed by atoms with Crippen LogP contribution in [0.2, 0.25) is 5.02 Å². The number of anilines is 1. The van der Waals surface area contributed by atoms with Crippen LogP contribution in [0.5, 0.6) is 6.01 Å². The summed E-state index contributed by atoms with van der Waals surface area (Å²) in [5.74, 6) is -1.01. The molecule has 14 heteroatoms. The van der Waals surface area contributed by atoms with E-state index in [1.807, 2.05) is 18.0 Å². The number of likely N-dealkylation sites (N-methyl/N-ethyl adjacent to an activating group) is 1. The molecular formula is C38H41ClF3N7O3. The number of ether oxygens (including phenoxy) is 2. The molecule has 10 nitrogen and oxygen atoms in total. The molecule has 4 aromatic rings. The highest BCUT2D eigenvalue weighted by Gasteiger charge is 2.49. The average molecular weight is 736 g/mol. The molecule has 52 heavy (non-hydrogen) atoms. The number of amides is 1. The van der Waals surface area contributed by atoms with Crippen LogP contribution in [0.4, 0.5) is 19.0 Å². The van der Waals surface area contributed by atoms with Crippen LogP contribution in [0.15, 0.2) is 48.7 Å². The molecule has 8 rings (SSSR count). The van der Waals surface area contributed by atoms with Gasteiger partial charge in [0.05, 0.1) is 29.2 Å². The van der Waals surface area contributed by atoms with Crippen LogP contribution in [0.25, 0.3) is 32.9 Å². The smallest absolute Gasteiger partial charge is 0.319 e. The van der Waals surface area contributed by atoms with Crippen molar-refractivity contribution in [3.8, 4) is 17.3 Å². The van der Waals surface area contributed by atoms with Gasteiger partial charge in [-0.05, 0) is 37.3 Å². The number of alkyl halides is 1. The Morgan fingerprint density at radius 2 is 1.98 bits per heavy atom. The Hall–Kier alpha value is -4.04. The first-order valence-electron chi connectivity index (χ1n) is 17.9. The van der Waals surface area contributed by atoms with E-state index in [2.05, 4.69) is 19.8 Å². The van der Waals surface area contributed by atoms with Gasteiger partial charge in [-0.3, -0.25) is 19.6 Å². The van der Waals surface area contributed by atoms with E-state index in [1.165, 1.54) is 12.3 Å². The maximum Gasteiger partial charge on any atom is 0.319 e. The molecule has 0 bridgehead atoms. The third-order valence-electron chi connectivity index (χ3n) is 11.1. The lowest BCUT2D eigenvalue weighted by molar-refractivity contribution is -0.125. The molecule has 6 heterocycles. The number of likely N-dealkylation sites (tertiary alicyclic amines) is 1. The Morgan fingerprint density at radius 1 is 1.13 bits per heavy atom. The molecular weight excluding hydrogens is 695 g/mol. The highest BCUT2D eigenvalue weighted by molar-refractivity contribution is 6.36. The van der Waals surface area contributed by atoms with Crippen molar-refractivity contribution >= 4 is 45.0 Å². The molecule has 1 unspecified atom stereocenters. The Labute approximate surface area is 305 Å². The maximum atomic E-state index is 16.9. The van der Waals surface area contributed by atoms with E-state index in [9.17, 15) is 13.6 Å². The zero-order valence-corrected chi connectivity index (χ0v) is 29.8. The van der Waals surface area contributed by atoms with E-state index >= 15 is 4.39 Å². The van der Waals surface area contributed by atoms with Crippen molar-refractivity contribution in [3.05, 3.63) is 65.3 Å². The van der Waals surface area contributed by atoms with Crippen LogP contribution in [-0.2, 0) is 9.53 Å². The summed E-state index contributed by atoms with van der Waals surface area (Å²) in [6, 6.07) is 7.87. The second-order valence-electron chi connectivity index (χ2n) is 14.3. The van der Waals surface area contributed by atoms with Crippen LogP contribution >= 0.6 is 11.6 Å². The van der Waals surface area contributed by atoms with E-state index in [0.717, 1.165) is 32.5 Å². The van der Waals surface area contributed by atoms with Crippen LogP contribution in [0, 0.1) is 11.6 Å². The summed E-state index contributed by atoms with van der Waals surface area (Å²) in [5.41, 5.74) is -0.197. The van der Waals surface area contributed by atoms with Crippen LogP contribution < -0.4 is 9.64 Å². The third kappa shape index (κ3) is 6.56. The van der Waals surface area contributed by atoms with Crippen molar-refractivity contribution in [2.75, 3.05) is 77.6 Å². The molecule has 0 N–H and O–H groups in total. The van der Waals surface area contributed by atoms with Gasteiger partial charge in [-0.1, -0.05) is 41.9 Å². The Kier molecular flexibility index (Phi) is 9.70. The van der Waals surface area contributed by atoms with Crippen LogP contribution in [0.3, 0.4) is 0 Å². The number of carbonyl (C=O) groups is 1. The number of nitrogens with zero attached hydrogens (tertiary/aromatic N) is 7. The van der Waals surface area contributed by atoms with Gasteiger partial charge in [-0.2, -0.15) is 9.97 Å². The number of morpholine rings is 1. The standard InChI is InChI=1S/C38H41ClF3N7O3/c1-46(26-10-14-48(22-26)30(50)7-3-12-47-15-17-51-18-16-47)36-28-20-43-34(27-6-2-5-24-8-9-29(41)32(39)31(24)27)33(42)35(28)44-37(45-36)52-23-38-11-4-13-49(38)21-25(40)19-38/h2-3,5-9,20,25-26H,4,10-19,21-23H2,1H3/b7-3+/t25-,26-,38?/m1/s1. The average Bonchev–Trinajstić information content (AvgIpc) is 3.87. The number of benzene rings is 2. The lowest BCUT2D eigenvalue weighted by atomic mass is 9.95. The molecule has 4 aliphatic heterocycles. The van der Waals surface area contributed by atoms with E-state index in [1.54, 1.807) is 35.2 Å². The van der Waals surface area contributed by atoms with Crippen molar-refractivity contribution in [1.82, 2.24) is 29.7 Å². The summed E-state index contributed by atoms with van der Waals surface area (Å²) in [4.78, 5) is 35.2. The zero-order valence-electron chi connectivity index (χ0n) is 29.0. The lowest BCUT2D eigenvalue weighted by Crippen LogP contribution is -2.43. The van der Waals surface area contributed by atoms with Crippen molar-refractivity contribution in [1.29, 1.82) is 0 Å². The van der Waals surface area contributed by atoms with Crippen LogP contribution in [0.1, 0.15) is 25.7 Å². The van der Waals surface area contributed by atoms with Gasteiger partial charge in [-0.15, -0.1) is 0 Å². The largest absolute Gasteiger partial charge is 0.461 e. The summed E-state index contributed by atoms with van der Waals surface area (Å²) >= 11 is 6.42. The number of hydrogen-bond donors (Lipinski definition) is 0. The number of fused-ring (bicyclic) bond motifs is 3. The van der Waals surface area contributed by atoms with Gasteiger partial charge in [0.2, 0.25) is 5.91 Å². The lowest BCUT2D eigenvalue weighted by Gasteiger charge is -2.31. The predicted molar refractivity (Wildman–Crippen MR) is 194 cm³/mol. The Bertz CT molecular complexity index is 2030. The summed E-state index contributed by atoms with van der Waals surface area (Å²) in [5, 5.41) is 1.21. The number of pyridine rings is 1. The van der Waals surface area contributed by atoms with Gasteiger partial charge in [0.15, 0.2) is 5.82 Å². The second kappa shape index (κ2) is 14.4. The highest BCUT2D eigenvalue weighted by atomic mass is 35.5. The summed E-state index contributed by atoms with van der Waals surface area (Å²) in [6.07, 6.45) is 6.88. The van der Waals surface area contributed by atoms with Crippen molar-refractivity contribution in [3.63, 3.8) is 0 Å². The van der Waals surface area contributed by atoms with Gasteiger partial charge in [0.1, 0.15) is 35.6 Å². The fourth-order valence-electron chi connectivity index (χ4n) is 8.32. The van der Waals surface area contributed by atoms with Crippen molar-refractivity contribution < 1.29 is 27.4 Å². The van der Waals surface area contributed by atoms with Gasteiger partial charge in [0, 0.05) is 82.0 Å². The van der Waals surface area contributed by atoms with Gasteiger partial charge in [0.25, 0.3) is 0 Å². The first kappa shape index (κ1) is 35.0. The summed E-state index contributed by atoms with van der Waals surface area (Å²) in [7, 11) is 1.86. The van der Waals surface area contributed by atoms with E-state index in [-0.39, 0.29) is 40.8 Å². The van der Waals surface area contributed by atoms with E-state index < -0.39 is 23.3 Å². The van der Waals surface area contributed by atoms with Crippen molar-refractivity contribution in [2.45, 2.75) is 43.4 Å². The normalized spacial score (nSPS) is 24.1. The van der Waals surface area contributed by atoms with E-state index in [4.69, 9.17) is 26.1 Å². The first-order valence-corrected chi connectivity index (χ1v) is 18.3. The fourth-order valence-corrected chi connectivity index (χ4v) is 8.59. The minimum absolute atomic E-state index is 0.0195. The molecule has 0 radical (unpaired) electrons. The summed E-state index contributed by atoms with van der Waals surface area (Å²) in [6.45, 7) is 6.10. The fraction of sp³-hybridized carbons (Fsp3) is 0.474. The SMILES string of the molecule is CN(c1nc(OCC23CCCN2C[C@H](F)C3)nc2c(F)c(-c3cccc4ccc(F)c(Cl)c34)ncc12)[C@@H]1CCN(C(=O)/C=C/CN2CCOCC2)C1. The van der Waals surface area contributed by atoms with Crippen LogP contribution in [-0.4, -0.2) is 126 Å². The molecule has 0 spiro atoms. The quantitative estimate of drug-likeness (QED) is 0.202. The molecule has 2 aromatic heterocycles. The first-order chi connectivity index (χ1) is 25.2.